The molecular weight excluding hydrogens is 340 g/mol. The molecule has 130 valence electrons. The van der Waals surface area contributed by atoms with E-state index in [-0.39, 0.29) is 17.3 Å². The van der Waals surface area contributed by atoms with Crippen LogP contribution in [0.5, 0.6) is 0 Å². The molecule has 0 aliphatic carbocycles. The molecule has 2 aromatic carbocycles. The van der Waals surface area contributed by atoms with Gasteiger partial charge in [0.25, 0.3) is 5.91 Å². The molecule has 2 aromatic rings. The lowest BCUT2D eigenvalue weighted by Gasteiger charge is -2.15. The van der Waals surface area contributed by atoms with Crippen LogP contribution in [-0.4, -0.2) is 26.0 Å². The van der Waals surface area contributed by atoms with E-state index in [2.05, 4.69) is 5.32 Å². The quantitative estimate of drug-likeness (QED) is 0.914. The van der Waals surface area contributed by atoms with Gasteiger partial charge in [0.15, 0.2) is 0 Å². The second kappa shape index (κ2) is 6.33. The Bertz CT molecular complexity index is 936. The molecule has 7 heteroatoms. The topological polar surface area (TPSA) is 83.6 Å². The van der Waals surface area contributed by atoms with Gasteiger partial charge >= 0.3 is 0 Å². The third-order valence-corrected chi connectivity index (χ3v) is 5.99. The van der Waals surface area contributed by atoms with Gasteiger partial charge in [-0.15, -0.1) is 0 Å². The van der Waals surface area contributed by atoms with E-state index in [1.54, 1.807) is 13.0 Å². The summed E-state index contributed by atoms with van der Waals surface area (Å²) in [5.74, 6) is -1.50. The molecule has 0 bridgehead atoms. The summed E-state index contributed by atoms with van der Waals surface area (Å²) in [7, 11) is -3.64. The van der Waals surface area contributed by atoms with Gasteiger partial charge in [-0.1, -0.05) is 25.1 Å². The lowest BCUT2D eigenvalue weighted by Crippen LogP contribution is -2.30. The first kappa shape index (κ1) is 17.2. The van der Waals surface area contributed by atoms with Crippen molar-refractivity contribution in [1.82, 2.24) is 0 Å². The molecular formula is C18H18N2O4S. The largest absolute Gasteiger partial charge is 0.322 e. The van der Waals surface area contributed by atoms with E-state index in [4.69, 9.17) is 0 Å². The van der Waals surface area contributed by atoms with Crippen molar-refractivity contribution in [2.24, 2.45) is 5.92 Å². The zero-order valence-electron chi connectivity index (χ0n) is 13.9. The van der Waals surface area contributed by atoms with Gasteiger partial charge in [0.2, 0.25) is 15.9 Å². The van der Waals surface area contributed by atoms with Gasteiger partial charge in [-0.3, -0.25) is 9.59 Å². The van der Waals surface area contributed by atoms with Gasteiger partial charge in [-0.25, -0.2) is 12.7 Å². The van der Waals surface area contributed by atoms with Gasteiger partial charge < -0.3 is 5.32 Å². The van der Waals surface area contributed by atoms with Gasteiger partial charge in [0, 0.05) is 11.3 Å². The maximum absolute atomic E-state index is 12.3. The Hall–Kier alpha value is -2.67. The van der Waals surface area contributed by atoms with Gasteiger partial charge in [-0.05, 0) is 42.8 Å². The number of nitrogens with zero attached hydrogens (tertiary/aromatic N) is 1. The number of rotatable bonds is 3. The first-order valence-electron chi connectivity index (χ1n) is 7.83. The number of hydrogen-bond donors (Lipinski definition) is 1. The van der Waals surface area contributed by atoms with Crippen LogP contribution in [-0.2, 0) is 14.8 Å². The molecule has 0 spiro atoms. The minimum absolute atomic E-state index is 0.193. The standard InChI is InChI=1S/C18H18N2O4S/c1-12-5-3-4-6-16(12)19-17(21)14-7-9-15(10-8-14)20-18(22)13(2)11-25(20,23)24/h3-10,13H,11H2,1-2H3,(H,19,21). The van der Waals surface area contributed by atoms with E-state index in [0.29, 0.717) is 11.3 Å². The number of benzene rings is 2. The lowest BCUT2D eigenvalue weighted by molar-refractivity contribution is -0.119. The molecule has 1 unspecified atom stereocenters. The van der Waals surface area contributed by atoms with Crippen LogP contribution in [0.1, 0.15) is 22.8 Å². The van der Waals surface area contributed by atoms with E-state index in [9.17, 15) is 18.0 Å². The minimum Gasteiger partial charge on any atom is -0.322 e. The van der Waals surface area contributed by atoms with Crippen LogP contribution < -0.4 is 9.62 Å². The fourth-order valence-corrected chi connectivity index (χ4v) is 4.56. The predicted molar refractivity (Wildman–Crippen MR) is 96.0 cm³/mol. The highest BCUT2D eigenvalue weighted by Gasteiger charge is 2.41. The highest BCUT2D eigenvalue weighted by Crippen LogP contribution is 2.28. The highest BCUT2D eigenvalue weighted by molar-refractivity contribution is 7.94. The van der Waals surface area contributed by atoms with Crippen molar-refractivity contribution >= 4 is 33.2 Å². The average molecular weight is 358 g/mol. The van der Waals surface area contributed by atoms with Crippen molar-refractivity contribution in [3.8, 4) is 0 Å². The van der Waals surface area contributed by atoms with Crippen LogP contribution in [0.3, 0.4) is 0 Å². The summed E-state index contributed by atoms with van der Waals surface area (Å²) in [6, 6.07) is 13.4. The van der Waals surface area contributed by atoms with E-state index in [0.717, 1.165) is 9.87 Å². The summed E-state index contributed by atoms with van der Waals surface area (Å²) in [5, 5.41) is 2.81. The molecule has 1 atom stereocenters. The Balaban J connectivity index is 1.82. The van der Waals surface area contributed by atoms with Gasteiger partial charge in [-0.2, -0.15) is 0 Å². The number of para-hydroxylation sites is 1. The van der Waals surface area contributed by atoms with E-state index in [1.807, 2.05) is 25.1 Å². The summed E-state index contributed by atoms with van der Waals surface area (Å²) in [6.07, 6.45) is 0. The fourth-order valence-electron chi connectivity index (χ4n) is 2.74. The predicted octanol–water partition coefficient (Wildman–Crippen LogP) is 2.56. The molecule has 1 aliphatic heterocycles. The van der Waals surface area contributed by atoms with Crippen LogP contribution in [0, 0.1) is 12.8 Å². The van der Waals surface area contributed by atoms with Crippen LogP contribution in [0.4, 0.5) is 11.4 Å². The first-order chi connectivity index (χ1) is 11.8. The van der Waals surface area contributed by atoms with Gasteiger partial charge in [0.1, 0.15) is 0 Å². The summed E-state index contributed by atoms with van der Waals surface area (Å²) < 4.78 is 25.0. The molecule has 1 fully saturated rings. The summed E-state index contributed by atoms with van der Waals surface area (Å²) in [5.41, 5.74) is 2.28. The number of hydrogen-bond acceptors (Lipinski definition) is 4. The molecule has 6 nitrogen and oxygen atoms in total. The Morgan fingerprint density at radius 2 is 1.76 bits per heavy atom. The normalized spacial score (nSPS) is 19.0. The third kappa shape index (κ3) is 3.28. The van der Waals surface area contributed by atoms with Crippen molar-refractivity contribution in [2.45, 2.75) is 13.8 Å². The second-order valence-corrected chi connectivity index (χ2v) is 7.96. The highest BCUT2D eigenvalue weighted by atomic mass is 32.2. The van der Waals surface area contributed by atoms with E-state index in [1.165, 1.54) is 24.3 Å². The van der Waals surface area contributed by atoms with E-state index >= 15 is 0 Å². The second-order valence-electron chi connectivity index (χ2n) is 6.10. The number of aryl methyl sites for hydroxylation is 1. The minimum atomic E-state index is -3.64. The number of carbonyl (C=O) groups is 2. The summed E-state index contributed by atoms with van der Waals surface area (Å²) in [6.45, 7) is 3.48. The molecule has 1 heterocycles. The SMILES string of the molecule is Cc1ccccc1NC(=O)c1ccc(N2C(=O)C(C)CS2(=O)=O)cc1. The summed E-state index contributed by atoms with van der Waals surface area (Å²) in [4.78, 5) is 24.4. The van der Waals surface area contributed by atoms with Crippen molar-refractivity contribution in [1.29, 1.82) is 0 Å². The van der Waals surface area contributed by atoms with Crippen molar-refractivity contribution in [3.05, 3.63) is 59.7 Å². The molecule has 1 aliphatic rings. The van der Waals surface area contributed by atoms with Crippen LogP contribution in [0.25, 0.3) is 0 Å². The number of carbonyl (C=O) groups excluding carboxylic acids is 2. The lowest BCUT2D eigenvalue weighted by atomic mass is 10.1. The molecule has 25 heavy (non-hydrogen) atoms. The third-order valence-electron chi connectivity index (χ3n) is 4.12. The van der Waals surface area contributed by atoms with Crippen molar-refractivity contribution in [2.75, 3.05) is 15.4 Å². The Labute approximate surface area is 146 Å². The monoisotopic (exact) mass is 358 g/mol. The molecule has 0 radical (unpaired) electrons. The average Bonchev–Trinajstić information content (AvgIpc) is 2.77. The Kier molecular flexibility index (Phi) is 4.34. The molecule has 1 N–H and O–H groups in total. The first-order valence-corrected chi connectivity index (χ1v) is 9.44. The van der Waals surface area contributed by atoms with Crippen molar-refractivity contribution < 1.29 is 18.0 Å². The number of amides is 2. The van der Waals surface area contributed by atoms with Crippen LogP contribution >= 0.6 is 0 Å². The molecule has 3 rings (SSSR count). The fraction of sp³-hybridized carbons (Fsp3) is 0.222. The number of sulfonamides is 1. The number of nitrogens with one attached hydrogen (secondary N) is 1. The Morgan fingerprint density at radius 1 is 1.12 bits per heavy atom. The van der Waals surface area contributed by atoms with E-state index < -0.39 is 21.8 Å². The molecule has 0 saturated carbocycles. The molecule has 0 aromatic heterocycles. The molecule has 1 saturated heterocycles. The summed E-state index contributed by atoms with van der Waals surface area (Å²) >= 11 is 0. The van der Waals surface area contributed by atoms with Crippen LogP contribution in [0.15, 0.2) is 48.5 Å². The van der Waals surface area contributed by atoms with Crippen LogP contribution in [0.2, 0.25) is 0 Å². The van der Waals surface area contributed by atoms with Crippen molar-refractivity contribution in [3.63, 3.8) is 0 Å². The maximum Gasteiger partial charge on any atom is 0.255 e. The van der Waals surface area contributed by atoms with Gasteiger partial charge in [0.05, 0.1) is 17.4 Å². The molecule has 2 amide bonds. The smallest absolute Gasteiger partial charge is 0.255 e. The zero-order chi connectivity index (χ0) is 18.2. The zero-order valence-corrected chi connectivity index (χ0v) is 14.7. The number of anilines is 2. The maximum atomic E-state index is 12.3. The Morgan fingerprint density at radius 3 is 2.32 bits per heavy atom.